The van der Waals surface area contributed by atoms with Crippen LogP contribution in [-0.2, 0) is 0 Å². The third-order valence-corrected chi connectivity index (χ3v) is 2.37. The van der Waals surface area contributed by atoms with E-state index in [0.29, 0.717) is 5.92 Å². The Hall–Kier alpha value is -0.0800. The highest BCUT2D eigenvalue weighted by molar-refractivity contribution is 4.92. The van der Waals surface area contributed by atoms with E-state index in [1.165, 1.54) is 12.8 Å². The molecular weight excluding hydrogens is 138 g/mol. The molecule has 2 nitrogen and oxygen atoms in total. The first-order valence-corrected chi connectivity index (χ1v) is 4.60. The second-order valence-corrected chi connectivity index (χ2v) is 3.81. The molecule has 0 bridgehead atoms. The van der Waals surface area contributed by atoms with E-state index in [2.05, 4.69) is 12.2 Å². The molecule has 0 radical (unpaired) electrons. The molecule has 2 heteroatoms. The van der Waals surface area contributed by atoms with Gasteiger partial charge < -0.3 is 10.4 Å². The van der Waals surface area contributed by atoms with Crippen LogP contribution in [0.5, 0.6) is 0 Å². The summed E-state index contributed by atoms with van der Waals surface area (Å²) in [4.78, 5) is 0. The first-order chi connectivity index (χ1) is 5.17. The standard InChI is InChI=1S/C9H19NO/c1-3-6-10-7-9(2,11)8-4-5-8/h8,10-11H,3-7H2,1-2H3. The second-order valence-electron chi connectivity index (χ2n) is 3.81. The molecule has 0 saturated heterocycles. The molecule has 0 aromatic rings. The lowest BCUT2D eigenvalue weighted by molar-refractivity contribution is 0.0372. The monoisotopic (exact) mass is 157 g/mol. The van der Waals surface area contributed by atoms with E-state index in [4.69, 9.17) is 0 Å². The van der Waals surface area contributed by atoms with Gasteiger partial charge in [-0.25, -0.2) is 0 Å². The van der Waals surface area contributed by atoms with Crippen LogP contribution in [0.15, 0.2) is 0 Å². The number of hydrogen-bond acceptors (Lipinski definition) is 2. The highest BCUT2D eigenvalue weighted by Crippen LogP contribution is 2.38. The molecule has 1 saturated carbocycles. The molecular formula is C9H19NO. The predicted molar refractivity (Wildman–Crippen MR) is 46.5 cm³/mol. The summed E-state index contributed by atoms with van der Waals surface area (Å²) >= 11 is 0. The van der Waals surface area contributed by atoms with E-state index in [0.717, 1.165) is 19.5 Å². The Balaban J connectivity index is 2.12. The molecule has 1 aliphatic rings. The Labute approximate surface area is 69.0 Å². The summed E-state index contributed by atoms with van der Waals surface area (Å²) in [7, 11) is 0. The number of rotatable bonds is 5. The first kappa shape index (κ1) is 9.01. The van der Waals surface area contributed by atoms with Gasteiger partial charge in [-0.3, -0.25) is 0 Å². The lowest BCUT2D eigenvalue weighted by Gasteiger charge is -2.23. The molecule has 0 spiro atoms. The van der Waals surface area contributed by atoms with Gasteiger partial charge in [0.2, 0.25) is 0 Å². The highest BCUT2D eigenvalue weighted by atomic mass is 16.3. The lowest BCUT2D eigenvalue weighted by atomic mass is 10.0. The summed E-state index contributed by atoms with van der Waals surface area (Å²) in [5.74, 6) is 0.562. The molecule has 0 amide bonds. The van der Waals surface area contributed by atoms with Crippen molar-refractivity contribution >= 4 is 0 Å². The maximum Gasteiger partial charge on any atom is 0.0771 e. The van der Waals surface area contributed by atoms with Crippen molar-refractivity contribution in [2.75, 3.05) is 13.1 Å². The van der Waals surface area contributed by atoms with Crippen LogP contribution in [0.25, 0.3) is 0 Å². The van der Waals surface area contributed by atoms with Crippen LogP contribution in [0, 0.1) is 5.92 Å². The third-order valence-electron chi connectivity index (χ3n) is 2.37. The fourth-order valence-corrected chi connectivity index (χ4v) is 1.37. The zero-order valence-electron chi connectivity index (χ0n) is 7.56. The molecule has 11 heavy (non-hydrogen) atoms. The lowest BCUT2D eigenvalue weighted by Crippen LogP contribution is -2.39. The zero-order valence-corrected chi connectivity index (χ0v) is 7.56. The molecule has 0 aromatic carbocycles. The fraction of sp³-hybridized carbons (Fsp3) is 1.00. The van der Waals surface area contributed by atoms with Gasteiger partial charge in [0.05, 0.1) is 5.60 Å². The Morgan fingerprint density at radius 1 is 1.55 bits per heavy atom. The summed E-state index contributed by atoms with van der Waals surface area (Å²) in [6.45, 7) is 5.85. The van der Waals surface area contributed by atoms with Crippen molar-refractivity contribution in [1.82, 2.24) is 5.32 Å². The van der Waals surface area contributed by atoms with E-state index in [1.807, 2.05) is 6.92 Å². The smallest absolute Gasteiger partial charge is 0.0771 e. The third kappa shape index (κ3) is 2.80. The number of aliphatic hydroxyl groups is 1. The summed E-state index contributed by atoms with van der Waals surface area (Å²) in [6.07, 6.45) is 3.56. The Morgan fingerprint density at radius 3 is 2.64 bits per heavy atom. The van der Waals surface area contributed by atoms with Crippen molar-refractivity contribution in [2.24, 2.45) is 5.92 Å². The molecule has 1 rings (SSSR count). The molecule has 2 N–H and O–H groups in total. The van der Waals surface area contributed by atoms with Gasteiger partial charge in [-0.1, -0.05) is 6.92 Å². The van der Waals surface area contributed by atoms with E-state index in [9.17, 15) is 5.11 Å². The van der Waals surface area contributed by atoms with Crippen molar-refractivity contribution < 1.29 is 5.11 Å². The van der Waals surface area contributed by atoms with Crippen LogP contribution in [0.3, 0.4) is 0 Å². The SMILES string of the molecule is CCCNCC(C)(O)C1CC1. The minimum absolute atomic E-state index is 0.449. The first-order valence-electron chi connectivity index (χ1n) is 4.60. The molecule has 1 aliphatic carbocycles. The number of hydrogen-bond donors (Lipinski definition) is 2. The molecule has 66 valence electrons. The van der Waals surface area contributed by atoms with Gasteiger partial charge in [0.25, 0.3) is 0 Å². The molecule has 1 atom stereocenters. The second kappa shape index (κ2) is 3.55. The zero-order chi connectivity index (χ0) is 8.32. The Bertz CT molecular complexity index is 119. The van der Waals surface area contributed by atoms with Crippen molar-refractivity contribution in [3.63, 3.8) is 0 Å². The van der Waals surface area contributed by atoms with Crippen LogP contribution >= 0.6 is 0 Å². The molecule has 1 unspecified atom stereocenters. The minimum Gasteiger partial charge on any atom is -0.389 e. The van der Waals surface area contributed by atoms with Crippen LogP contribution in [-0.4, -0.2) is 23.8 Å². The summed E-state index contributed by atoms with van der Waals surface area (Å²) in [6, 6.07) is 0. The minimum atomic E-state index is -0.449. The quantitative estimate of drug-likeness (QED) is 0.587. The van der Waals surface area contributed by atoms with Gasteiger partial charge in [0.15, 0.2) is 0 Å². The van der Waals surface area contributed by atoms with Gasteiger partial charge in [0, 0.05) is 6.54 Å². The average molecular weight is 157 g/mol. The van der Waals surface area contributed by atoms with Crippen molar-refractivity contribution in [3.05, 3.63) is 0 Å². The Kier molecular flexibility index (Phi) is 2.90. The van der Waals surface area contributed by atoms with E-state index < -0.39 is 5.60 Å². The van der Waals surface area contributed by atoms with Crippen LogP contribution in [0.2, 0.25) is 0 Å². The molecule has 0 heterocycles. The van der Waals surface area contributed by atoms with Crippen molar-refractivity contribution in [3.8, 4) is 0 Å². The summed E-state index contributed by atoms with van der Waals surface area (Å²) < 4.78 is 0. The summed E-state index contributed by atoms with van der Waals surface area (Å²) in [5, 5.41) is 13.1. The highest BCUT2D eigenvalue weighted by Gasteiger charge is 2.39. The largest absolute Gasteiger partial charge is 0.389 e. The van der Waals surface area contributed by atoms with Gasteiger partial charge in [-0.05, 0) is 38.6 Å². The van der Waals surface area contributed by atoms with Gasteiger partial charge >= 0.3 is 0 Å². The van der Waals surface area contributed by atoms with E-state index in [1.54, 1.807) is 0 Å². The topological polar surface area (TPSA) is 32.3 Å². The van der Waals surface area contributed by atoms with Gasteiger partial charge in [-0.15, -0.1) is 0 Å². The van der Waals surface area contributed by atoms with Gasteiger partial charge in [0.1, 0.15) is 0 Å². The average Bonchev–Trinajstić information content (AvgIpc) is 2.68. The number of nitrogens with one attached hydrogen (secondary N) is 1. The molecule has 0 aromatic heterocycles. The van der Waals surface area contributed by atoms with Crippen LogP contribution in [0.4, 0.5) is 0 Å². The van der Waals surface area contributed by atoms with E-state index in [-0.39, 0.29) is 0 Å². The van der Waals surface area contributed by atoms with Crippen molar-refractivity contribution in [2.45, 2.75) is 38.7 Å². The van der Waals surface area contributed by atoms with Crippen LogP contribution in [0.1, 0.15) is 33.1 Å². The van der Waals surface area contributed by atoms with E-state index >= 15 is 0 Å². The maximum absolute atomic E-state index is 9.82. The van der Waals surface area contributed by atoms with Crippen molar-refractivity contribution in [1.29, 1.82) is 0 Å². The maximum atomic E-state index is 9.82. The van der Waals surface area contributed by atoms with Crippen LogP contribution < -0.4 is 5.32 Å². The predicted octanol–water partition coefficient (Wildman–Crippen LogP) is 1.15. The fourth-order valence-electron chi connectivity index (χ4n) is 1.37. The normalized spacial score (nSPS) is 23.2. The Morgan fingerprint density at radius 2 is 2.18 bits per heavy atom. The molecule has 0 aliphatic heterocycles. The molecule has 1 fully saturated rings. The van der Waals surface area contributed by atoms with Gasteiger partial charge in [-0.2, -0.15) is 0 Å². The summed E-state index contributed by atoms with van der Waals surface area (Å²) in [5.41, 5.74) is -0.449.